The second kappa shape index (κ2) is 7.21. The van der Waals surface area contributed by atoms with Gasteiger partial charge in [-0.25, -0.2) is 4.98 Å². The van der Waals surface area contributed by atoms with Crippen molar-refractivity contribution in [1.82, 2.24) is 19.2 Å². The van der Waals surface area contributed by atoms with E-state index in [1.165, 1.54) is 0 Å². The highest BCUT2D eigenvalue weighted by atomic mass is 19.4. The summed E-state index contributed by atoms with van der Waals surface area (Å²) >= 11 is 0. The third kappa shape index (κ3) is 3.84. The first-order valence-electron chi connectivity index (χ1n) is 10.7. The summed E-state index contributed by atoms with van der Waals surface area (Å²) in [6.45, 7) is 6.37. The van der Waals surface area contributed by atoms with Gasteiger partial charge in [0.15, 0.2) is 5.82 Å². The summed E-state index contributed by atoms with van der Waals surface area (Å²) in [5.41, 5.74) is 1.42. The van der Waals surface area contributed by atoms with Crippen molar-refractivity contribution in [2.24, 2.45) is 0 Å². The van der Waals surface area contributed by atoms with Crippen molar-refractivity contribution in [1.29, 1.82) is 0 Å². The van der Waals surface area contributed by atoms with E-state index in [-0.39, 0.29) is 33.2 Å². The third-order valence-electron chi connectivity index (χ3n) is 6.34. The largest absolute Gasteiger partial charge is 0.504 e. The Morgan fingerprint density at radius 1 is 1.30 bits per heavy atom. The summed E-state index contributed by atoms with van der Waals surface area (Å²) in [4.78, 5) is 17.8. The van der Waals surface area contributed by atoms with E-state index in [9.17, 15) is 18.0 Å². The van der Waals surface area contributed by atoms with Gasteiger partial charge in [0, 0.05) is 36.1 Å². The summed E-state index contributed by atoms with van der Waals surface area (Å²) < 4.78 is 51.8. The Hall–Kier alpha value is -3.08. The lowest BCUT2D eigenvalue weighted by Crippen LogP contribution is -2.26. The Balaban J connectivity index is 1.49. The number of anilines is 1. The monoisotopic (exact) mass is 463 g/mol. The molecule has 1 saturated carbocycles. The molecule has 4 heterocycles. The van der Waals surface area contributed by atoms with E-state index in [1.807, 2.05) is 20.0 Å². The number of nitrogens with one attached hydrogen (secondary N) is 1. The molecule has 1 N–H and O–H groups in total. The highest BCUT2D eigenvalue weighted by Crippen LogP contribution is 2.53. The summed E-state index contributed by atoms with van der Waals surface area (Å²) in [5.74, 6) is -0.559. The smallest absolute Gasteiger partial charge is 0.490 e. The molecule has 0 spiro atoms. The van der Waals surface area contributed by atoms with Crippen molar-refractivity contribution in [3.05, 3.63) is 42.0 Å². The SMILES string of the molecule is CC(C)Oc1cc2nc(C34CCC(C)(C3)OC4)cn2cc1C(=O)Nc1ccn(C(F)(F)F)n1. The first kappa shape index (κ1) is 21.7. The van der Waals surface area contributed by atoms with Crippen LogP contribution < -0.4 is 10.1 Å². The summed E-state index contributed by atoms with van der Waals surface area (Å²) in [5, 5.41) is 5.79. The molecule has 3 aromatic heterocycles. The zero-order chi connectivity index (χ0) is 23.6. The van der Waals surface area contributed by atoms with E-state index in [1.54, 1.807) is 16.7 Å². The number of aromatic nitrogens is 4. The van der Waals surface area contributed by atoms with Gasteiger partial charge < -0.3 is 19.2 Å². The molecule has 2 atom stereocenters. The van der Waals surface area contributed by atoms with Crippen LogP contribution in [-0.2, 0) is 16.5 Å². The van der Waals surface area contributed by atoms with Crippen LogP contribution in [-0.4, -0.2) is 43.4 Å². The maximum absolute atomic E-state index is 13.0. The van der Waals surface area contributed by atoms with Gasteiger partial charge in [0.2, 0.25) is 0 Å². The Labute approximate surface area is 187 Å². The van der Waals surface area contributed by atoms with Crippen LogP contribution in [0.5, 0.6) is 5.75 Å². The number of rotatable bonds is 5. The fourth-order valence-corrected chi connectivity index (χ4v) is 4.76. The lowest BCUT2D eigenvalue weighted by molar-refractivity contribution is -0.212. The van der Waals surface area contributed by atoms with Gasteiger partial charge in [-0.2, -0.15) is 4.68 Å². The highest BCUT2D eigenvalue weighted by Gasteiger charge is 2.55. The standard InChI is InChI=1S/C22H24F3N5O3/c1-13(2)33-15-8-18-26-16(21-6-5-20(3,11-21)32-12-21)10-29(18)9-14(15)19(31)27-17-4-7-30(28-17)22(23,24)25/h4,7-10,13H,5-6,11-12H2,1-3H3,(H,27,28,31). The predicted molar refractivity (Wildman–Crippen MR) is 112 cm³/mol. The number of alkyl halides is 3. The van der Waals surface area contributed by atoms with Crippen LogP contribution in [0.1, 0.15) is 56.1 Å². The number of pyridine rings is 1. The molecule has 2 unspecified atom stereocenters. The molecule has 176 valence electrons. The average Bonchev–Trinajstić information content (AvgIpc) is 3.47. The number of ether oxygens (including phenoxy) is 2. The Morgan fingerprint density at radius 2 is 2.09 bits per heavy atom. The van der Waals surface area contributed by atoms with Crippen LogP contribution in [0.25, 0.3) is 5.65 Å². The Morgan fingerprint density at radius 3 is 2.67 bits per heavy atom. The number of amides is 1. The quantitative estimate of drug-likeness (QED) is 0.612. The number of halogens is 3. The van der Waals surface area contributed by atoms with Crippen LogP contribution in [0, 0.1) is 0 Å². The van der Waals surface area contributed by atoms with Gasteiger partial charge >= 0.3 is 6.30 Å². The van der Waals surface area contributed by atoms with Crippen LogP contribution >= 0.6 is 0 Å². The van der Waals surface area contributed by atoms with E-state index in [4.69, 9.17) is 14.5 Å². The predicted octanol–water partition coefficient (Wildman–Crippen LogP) is 4.26. The highest BCUT2D eigenvalue weighted by molar-refractivity contribution is 6.05. The maximum atomic E-state index is 13.0. The van der Waals surface area contributed by atoms with E-state index in [0.29, 0.717) is 18.0 Å². The lowest BCUT2D eigenvalue weighted by atomic mass is 9.84. The second-order valence-electron chi connectivity index (χ2n) is 9.37. The number of nitrogens with zero attached hydrogens (tertiary/aromatic N) is 4. The summed E-state index contributed by atoms with van der Waals surface area (Å²) in [6, 6.07) is 2.76. The first-order chi connectivity index (χ1) is 15.5. The number of hydrogen-bond acceptors (Lipinski definition) is 5. The molecule has 2 bridgehead atoms. The Kier molecular flexibility index (Phi) is 4.75. The first-order valence-corrected chi connectivity index (χ1v) is 10.7. The number of imidazole rings is 1. The molecule has 1 amide bonds. The van der Waals surface area contributed by atoms with Gasteiger partial charge in [-0.1, -0.05) is 0 Å². The molecule has 1 saturated heterocycles. The van der Waals surface area contributed by atoms with Crippen LogP contribution in [0.15, 0.2) is 30.7 Å². The molecule has 3 aromatic rings. The summed E-state index contributed by atoms with van der Waals surface area (Å²) in [7, 11) is 0. The molecule has 11 heteroatoms. The van der Waals surface area contributed by atoms with Crippen LogP contribution in [0.4, 0.5) is 19.0 Å². The van der Waals surface area contributed by atoms with Crippen molar-refractivity contribution >= 4 is 17.4 Å². The van der Waals surface area contributed by atoms with Gasteiger partial charge in [-0.05, 0) is 40.0 Å². The van der Waals surface area contributed by atoms with E-state index >= 15 is 0 Å². The average molecular weight is 463 g/mol. The zero-order valence-electron chi connectivity index (χ0n) is 18.4. The van der Waals surface area contributed by atoms with Crippen molar-refractivity contribution in [2.75, 3.05) is 11.9 Å². The van der Waals surface area contributed by atoms with Crippen molar-refractivity contribution < 1.29 is 27.4 Å². The van der Waals surface area contributed by atoms with Crippen molar-refractivity contribution in [3.8, 4) is 5.75 Å². The fourth-order valence-electron chi connectivity index (χ4n) is 4.76. The van der Waals surface area contributed by atoms with Crippen LogP contribution in [0.3, 0.4) is 0 Å². The normalized spacial score (nSPS) is 24.7. The summed E-state index contributed by atoms with van der Waals surface area (Å²) in [6.07, 6.45) is 2.18. The molecule has 0 radical (unpaired) electrons. The minimum Gasteiger partial charge on any atom is -0.490 e. The van der Waals surface area contributed by atoms with E-state index in [0.717, 1.165) is 37.2 Å². The number of carbonyl (C=O) groups is 1. The lowest BCUT2D eigenvalue weighted by Gasteiger charge is -2.24. The number of hydrogen-bond donors (Lipinski definition) is 1. The molecule has 2 aliphatic rings. The van der Waals surface area contributed by atoms with Gasteiger partial charge in [-0.15, -0.1) is 18.3 Å². The molecule has 0 aromatic carbocycles. The van der Waals surface area contributed by atoms with Crippen molar-refractivity contribution in [3.63, 3.8) is 0 Å². The fraction of sp³-hybridized carbons (Fsp3) is 0.500. The minimum absolute atomic E-state index is 0.118. The number of fused-ring (bicyclic) bond motifs is 3. The van der Waals surface area contributed by atoms with Gasteiger partial charge in [0.1, 0.15) is 11.4 Å². The second-order valence-corrected chi connectivity index (χ2v) is 9.37. The molecule has 2 fully saturated rings. The zero-order valence-corrected chi connectivity index (χ0v) is 18.4. The molecular weight excluding hydrogens is 439 g/mol. The van der Waals surface area contributed by atoms with E-state index < -0.39 is 12.2 Å². The minimum atomic E-state index is -4.67. The van der Waals surface area contributed by atoms with E-state index in [2.05, 4.69) is 17.3 Å². The molecule has 1 aliphatic heterocycles. The van der Waals surface area contributed by atoms with Crippen molar-refractivity contribution in [2.45, 2.75) is 63.5 Å². The molecule has 8 nitrogen and oxygen atoms in total. The van der Waals surface area contributed by atoms with Gasteiger partial charge in [0.25, 0.3) is 5.91 Å². The van der Waals surface area contributed by atoms with Gasteiger partial charge in [-0.3, -0.25) is 4.79 Å². The molecule has 5 rings (SSSR count). The topological polar surface area (TPSA) is 82.7 Å². The Bertz CT molecular complexity index is 1220. The molecule has 33 heavy (non-hydrogen) atoms. The molecule has 1 aliphatic carbocycles. The third-order valence-corrected chi connectivity index (χ3v) is 6.34. The maximum Gasteiger partial charge on any atom is 0.504 e. The molecular formula is C22H24F3N5O3. The number of carbonyl (C=O) groups excluding carboxylic acids is 1. The van der Waals surface area contributed by atoms with Crippen LogP contribution in [0.2, 0.25) is 0 Å². The van der Waals surface area contributed by atoms with Gasteiger partial charge in [0.05, 0.1) is 29.6 Å².